The van der Waals surface area contributed by atoms with Crippen LogP contribution < -0.4 is 10.6 Å². The van der Waals surface area contributed by atoms with Gasteiger partial charge in [0.1, 0.15) is 0 Å². The molecule has 1 atom stereocenters. The standard InChI is InChI=1S/C16H22N4O3S3/c1-5-10-12(13(21)23-6-2)11(18-14(22)17-10)8-25-16-20-19-15(26-16)24-7-9(3)4/h10H,3,5-8H2,1-2,4H3,(H2,17,18,22)/t10-/m0/s1. The van der Waals surface area contributed by atoms with Gasteiger partial charge < -0.3 is 15.4 Å². The number of ether oxygens (including phenoxy) is 1. The van der Waals surface area contributed by atoms with Crippen molar-refractivity contribution in [3.63, 3.8) is 0 Å². The van der Waals surface area contributed by atoms with Crippen LogP contribution in [-0.4, -0.2) is 46.4 Å². The van der Waals surface area contributed by atoms with E-state index in [1.54, 1.807) is 18.7 Å². The summed E-state index contributed by atoms with van der Waals surface area (Å²) in [6.07, 6.45) is 0.607. The number of esters is 1. The molecule has 2 rings (SSSR count). The van der Waals surface area contributed by atoms with Gasteiger partial charge in [0, 0.05) is 17.2 Å². The molecule has 0 bridgehead atoms. The highest BCUT2D eigenvalue weighted by atomic mass is 32.2. The molecule has 0 aliphatic carbocycles. The van der Waals surface area contributed by atoms with Crippen molar-refractivity contribution in [2.45, 2.75) is 41.9 Å². The first-order chi connectivity index (χ1) is 12.4. The number of aromatic nitrogens is 2. The lowest BCUT2D eigenvalue weighted by molar-refractivity contribution is -0.139. The molecule has 0 aromatic carbocycles. The van der Waals surface area contributed by atoms with Gasteiger partial charge in [-0.05, 0) is 20.3 Å². The Labute approximate surface area is 165 Å². The molecular weight excluding hydrogens is 392 g/mol. The quantitative estimate of drug-likeness (QED) is 0.364. The van der Waals surface area contributed by atoms with Gasteiger partial charge in [-0.2, -0.15) is 0 Å². The van der Waals surface area contributed by atoms with Crippen LogP contribution in [0, 0.1) is 0 Å². The van der Waals surface area contributed by atoms with Gasteiger partial charge in [-0.1, -0.05) is 53.9 Å². The normalized spacial score (nSPS) is 16.9. The van der Waals surface area contributed by atoms with Gasteiger partial charge in [0.25, 0.3) is 0 Å². The first kappa shape index (κ1) is 20.8. The number of carbonyl (C=O) groups is 2. The van der Waals surface area contributed by atoms with E-state index in [1.165, 1.54) is 23.1 Å². The van der Waals surface area contributed by atoms with Crippen molar-refractivity contribution >= 4 is 46.9 Å². The number of urea groups is 1. The van der Waals surface area contributed by atoms with Gasteiger partial charge in [-0.3, -0.25) is 0 Å². The second kappa shape index (κ2) is 9.98. The van der Waals surface area contributed by atoms with Crippen molar-refractivity contribution in [2.75, 3.05) is 18.1 Å². The fourth-order valence-electron chi connectivity index (χ4n) is 2.21. The van der Waals surface area contributed by atoms with Crippen molar-refractivity contribution in [1.82, 2.24) is 20.8 Å². The smallest absolute Gasteiger partial charge is 0.337 e. The Hall–Kier alpha value is -1.52. The highest BCUT2D eigenvalue weighted by Crippen LogP contribution is 2.31. The van der Waals surface area contributed by atoms with Gasteiger partial charge in [0.05, 0.1) is 18.2 Å². The summed E-state index contributed by atoms with van der Waals surface area (Å²) in [7, 11) is 0. The minimum Gasteiger partial charge on any atom is -0.463 e. The van der Waals surface area contributed by atoms with Gasteiger partial charge >= 0.3 is 12.0 Å². The predicted octanol–water partition coefficient (Wildman–Crippen LogP) is 3.21. The number of nitrogens with zero attached hydrogens (tertiary/aromatic N) is 2. The largest absolute Gasteiger partial charge is 0.463 e. The summed E-state index contributed by atoms with van der Waals surface area (Å²) in [4.78, 5) is 24.2. The van der Waals surface area contributed by atoms with E-state index in [1.807, 2.05) is 13.8 Å². The number of carbonyl (C=O) groups excluding carboxylic acids is 2. The molecule has 2 N–H and O–H groups in total. The van der Waals surface area contributed by atoms with E-state index in [2.05, 4.69) is 27.4 Å². The molecule has 26 heavy (non-hydrogen) atoms. The Balaban J connectivity index is 2.11. The Morgan fingerprint density at radius 1 is 1.31 bits per heavy atom. The molecule has 2 heterocycles. The van der Waals surface area contributed by atoms with Crippen LogP contribution in [0.15, 0.2) is 32.1 Å². The van der Waals surface area contributed by atoms with Crippen LogP contribution in [0.25, 0.3) is 0 Å². The molecular formula is C16H22N4O3S3. The Morgan fingerprint density at radius 2 is 2.00 bits per heavy atom. The summed E-state index contributed by atoms with van der Waals surface area (Å²) in [5.74, 6) is 0.812. The van der Waals surface area contributed by atoms with Crippen molar-refractivity contribution in [1.29, 1.82) is 0 Å². The number of hydrogen-bond donors (Lipinski definition) is 2. The average molecular weight is 415 g/mol. The Morgan fingerprint density at radius 3 is 2.62 bits per heavy atom. The maximum Gasteiger partial charge on any atom is 0.337 e. The third-order valence-corrected chi connectivity index (χ3v) is 6.76. The van der Waals surface area contributed by atoms with E-state index in [9.17, 15) is 9.59 Å². The fourth-order valence-corrected chi connectivity index (χ4v) is 5.04. The van der Waals surface area contributed by atoms with E-state index < -0.39 is 5.97 Å². The maximum absolute atomic E-state index is 12.3. The monoisotopic (exact) mass is 414 g/mol. The molecule has 0 saturated heterocycles. The molecule has 1 aliphatic heterocycles. The van der Waals surface area contributed by atoms with E-state index >= 15 is 0 Å². The van der Waals surface area contributed by atoms with Crippen LogP contribution >= 0.6 is 34.9 Å². The van der Waals surface area contributed by atoms with E-state index in [0.29, 0.717) is 23.4 Å². The lowest BCUT2D eigenvalue weighted by Gasteiger charge is -2.28. The summed E-state index contributed by atoms with van der Waals surface area (Å²) in [6.45, 7) is 9.80. The third-order valence-electron chi connectivity index (χ3n) is 3.32. The van der Waals surface area contributed by atoms with Crippen LogP contribution in [0.4, 0.5) is 4.79 Å². The minimum absolute atomic E-state index is 0.285. The van der Waals surface area contributed by atoms with Gasteiger partial charge in [-0.25, -0.2) is 9.59 Å². The molecule has 0 spiro atoms. The second-order valence-corrected chi connectivity index (χ2v) is 8.96. The molecule has 2 amide bonds. The Bertz CT molecular complexity index is 717. The molecule has 142 valence electrons. The molecule has 1 aromatic rings. The first-order valence-corrected chi connectivity index (χ1v) is 10.9. The zero-order valence-electron chi connectivity index (χ0n) is 15.0. The number of thioether (sulfide) groups is 2. The molecule has 1 aromatic heterocycles. The van der Waals surface area contributed by atoms with E-state index in [4.69, 9.17) is 4.74 Å². The van der Waals surface area contributed by atoms with Crippen molar-refractivity contribution in [2.24, 2.45) is 0 Å². The molecule has 0 fully saturated rings. The van der Waals surface area contributed by atoms with Crippen LogP contribution in [0.3, 0.4) is 0 Å². The average Bonchev–Trinajstić information content (AvgIpc) is 3.05. The number of nitrogens with one attached hydrogen (secondary N) is 2. The van der Waals surface area contributed by atoms with Gasteiger partial charge in [0.2, 0.25) is 0 Å². The Kier molecular flexibility index (Phi) is 7.98. The van der Waals surface area contributed by atoms with Crippen molar-refractivity contribution in [3.8, 4) is 0 Å². The molecule has 7 nitrogen and oxygen atoms in total. The van der Waals surface area contributed by atoms with Crippen LogP contribution in [-0.2, 0) is 9.53 Å². The topological polar surface area (TPSA) is 93.2 Å². The summed E-state index contributed by atoms with van der Waals surface area (Å²) in [5.41, 5.74) is 2.12. The molecule has 1 aliphatic rings. The zero-order chi connectivity index (χ0) is 19.1. The lowest BCUT2D eigenvalue weighted by atomic mass is 10.0. The predicted molar refractivity (Wildman–Crippen MR) is 106 cm³/mol. The van der Waals surface area contributed by atoms with Crippen LogP contribution in [0.1, 0.15) is 27.2 Å². The zero-order valence-corrected chi connectivity index (χ0v) is 17.4. The maximum atomic E-state index is 12.3. The summed E-state index contributed by atoms with van der Waals surface area (Å²) < 4.78 is 6.81. The van der Waals surface area contributed by atoms with Crippen LogP contribution in [0.2, 0.25) is 0 Å². The van der Waals surface area contributed by atoms with Crippen molar-refractivity contribution in [3.05, 3.63) is 23.4 Å². The summed E-state index contributed by atoms with van der Waals surface area (Å²) in [6, 6.07) is -0.662. The van der Waals surface area contributed by atoms with Crippen molar-refractivity contribution < 1.29 is 14.3 Å². The highest BCUT2D eigenvalue weighted by molar-refractivity contribution is 8.03. The molecule has 0 radical (unpaired) electrons. The van der Waals surface area contributed by atoms with E-state index in [-0.39, 0.29) is 18.7 Å². The first-order valence-electron chi connectivity index (χ1n) is 8.15. The molecule has 10 heteroatoms. The number of hydrogen-bond acceptors (Lipinski definition) is 8. The number of amides is 2. The summed E-state index contributed by atoms with van der Waals surface area (Å²) in [5, 5.41) is 13.8. The SMILES string of the molecule is C=C(C)CSc1nnc(SCC2=C(C(=O)OCC)[C@H](CC)NC(=O)N2)s1. The minimum atomic E-state index is -0.405. The van der Waals surface area contributed by atoms with Gasteiger partial charge in [0.15, 0.2) is 8.68 Å². The third kappa shape index (κ3) is 5.75. The van der Waals surface area contributed by atoms with Crippen LogP contribution in [0.5, 0.6) is 0 Å². The molecule has 0 saturated carbocycles. The molecule has 0 unspecified atom stereocenters. The second-order valence-electron chi connectivity index (χ2n) is 5.54. The van der Waals surface area contributed by atoms with Gasteiger partial charge in [-0.15, -0.1) is 10.2 Å². The fraction of sp³-hybridized carbons (Fsp3) is 0.500. The lowest BCUT2D eigenvalue weighted by Crippen LogP contribution is -2.50. The summed E-state index contributed by atoms with van der Waals surface area (Å²) >= 11 is 4.52. The number of rotatable bonds is 9. The van der Waals surface area contributed by atoms with E-state index in [0.717, 1.165) is 20.0 Å². The highest BCUT2D eigenvalue weighted by Gasteiger charge is 2.31.